The topological polar surface area (TPSA) is 18.5 Å². The third-order valence-corrected chi connectivity index (χ3v) is 9.48. The molecule has 0 bridgehead atoms. The van der Waals surface area contributed by atoms with Gasteiger partial charge < -0.3 is 9.39 Å². The minimum absolute atomic E-state index is 0.0804. The first-order chi connectivity index (χ1) is 16.5. The molecule has 0 heterocycles. The van der Waals surface area contributed by atoms with Gasteiger partial charge in [-0.25, -0.2) is 0 Å². The van der Waals surface area contributed by atoms with E-state index >= 15 is 0 Å². The monoisotopic (exact) mass is 464 g/mol. The number of hydrogen-bond donors (Lipinski definition) is 0. The Labute approximate surface area is 210 Å². The Morgan fingerprint density at radius 2 is 1.44 bits per heavy atom. The van der Waals surface area contributed by atoms with Crippen LogP contribution in [0.2, 0.25) is 11.6 Å². The van der Waals surface area contributed by atoms with Crippen LogP contribution in [0.3, 0.4) is 0 Å². The molecule has 188 valence electrons. The lowest BCUT2D eigenvalue weighted by atomic mass is 9.42. The highest BCUT2D eigenvalue weighted by Gasteiger charge is 2.43. The van der Waals surface area contributed by atoms with Crippen molar-refractivity contribution in [1.82, 2.24) is 0 Å². The molecule has 0 N–H and O–H groups in total. The Balaban J connectivity index is 1.51. The molecule has 3 fully saturated rings. The zero-order chi connectivity index (χ0) is 24.0. The van der Waals surface area contributed by atoms with Gasteiger partial charge in [-0.1, -0.05) is 122 Å². The molecular weight excluding hydrogens is 415 g/mol. The number of hydrogen-bond acceptors (Lipinski definition) is 2. The van der Waals surface area contributed by atoms with Crippen LogP contribution in [0.1, 0.15) is 117 Å². The fourth-order valence-corrected chi connectivity index (χ4v) is 7.32. The quantitative estimate of drug-likeness (QED) is 0.282. The molecule has 0 unspecified atom stereocenters. The van der Waals surface area contributed by atoms with Crippen LogP contribution in [0.4, 0.5) is 0 Å². The average Bonchev–Trinajstić information content (AvgIpc) is 2.88. The van der Waals surface area contributed by atoms with Gasteiger partial charge in [-0.3, -0.25) is 0 Å². The van der Waals surface area contributed by atoms with Crippen LogP contribution in [0, 0.1) is 11.8 Å². The van der Waals surface area contributed by atoms with E-state index in [1.165, 1.54) is 82.6 Å². The molecule has 3 heteroatoms. The molecular formula is C31H49BO2. The summed E-state index contributed by atoms with van der Waals surface area (Å²) < 4.78 is 13.8. The SMILES string of the molecule is C/C=C(/OB(C1CCCCC1)C1CCCCC1)O[C@@H]1C[C@H](C)CC[C@H]1C(C)(C)c1ccccc1. The number of ether oxygens (including phenoxy) is 1. The van der Waals surface area contributed by atoms with Gasteiger partial charge in [0.2, 0.25) is 0 Å². The second kappa shape index (κ2) is 12.0. The second-order valence-electron chi connectivity index (χ2n) is 12.3. The van der Waals surface area contributed by atoms with Crippen molar-refractivity contribution in [3.05, 3.63) is 47.9 Å². The lowest BCUT2D eigenvalue weighted by Crippen LogP contribution is -2.43. The van der Waals surface area contributed by atoms with E-state index in [2.05, 4.69) is 64.1 Å². The number of rotatable bonds is 8. The Kier molecular flexibility index (Phi) is 9.11. The van der Waals surface area contributed by atoms with Crippen molar-refractivity contribution in [3.8, 4) is 0 Å². The summed E-state index contributed by atoms with van der Waals surface area (Å²) in [7, 11) is 0. The van der Waals surface area contributed by atoms with E-state index in [9.17, 15) is 0 Å². The van der Waals surface area contributed by atoms with Crippen molar-refractivity contribution in [3.63, 3.8) is 0 Å². The summed E-state index contributed by atoms with van der Waals surface area (Å²) >= 11 is 0. The molecule has 0 aliphatic heterocycles. The average molecular weight is 465 g/mol. The predicted molar refractivity (Wildman–Crippen MR) is 145 cm³/mol. The van der Waals surface area contributed by atoms with Crippen LogP contribution in [0.15, 0.2) is 42.4 Å². The Hall–Kier alpha value is -1.38. The van der Waals surface area contributed by atoms with Crippen LogP contribution in [-0.2, 0) is 14.8 Å². The van der Waals surface area contributed by atoms with Crippen molar-refractivity contribution in [2.75, 3.05) is 0 Å². The second-order valence-corrected chi connectivity index (χ2v) is 12.3. The molecule has 1 aromatic carbocycles. The molecule has 0 radical (unpaired) electrons. The molecule has 3 atom stereocenters. The normalized spacial score (nSPS) is 27.9. The standard InChI is InChI=1S/C31H49BO2/c1-5-30(34-32(26-17-11-7-12-18-26)27-19-13-8-14-20-27)33-29-23-24(2)21-22-28(29)31(3,4)25-15-9-6-10-16-25/h5-6,9-10,15-16,24,26-29H,7-8,11-14,17-23H2,1-4H3/b30-5+/t24-,28-,29-/m1/s1. The summed E-state index contributed by atoms with van der Waals surface area (Å²) in [6.07, 6.45) is 19.6. The molecule has 0 aromatic heterocycles. The van der Waals surface area contributed by atoms with E-state index in [0.717, 1.165) is 12.4 Å². The zero-order valence-corrected chi connectivity index (χ0v) is 22.4. The van der Waals surface area contributed by atoms with Gasteiger partial charge in [-0.2, -0.15) is 0 Å². The van der Waals surface area contributed by atoms with Crippen LogP contribution in [-0.4, -0.2) is 13.0 Å². The lowest BCUT2D eigenvalue weighted by Gasteiger charge is -2.45. The first-order valence-corrected chi connectivity index (χ1v) is 14.5. The summed E-state index contributed by atoms with van der Waals surface area (Å²) in [5.41, 5.74) is 1.50. The lowest BCUT2D eigenvalue weighted by molar-refractivity contribution is -0.0471. The summed E-state index contributed by atoms with van der Waals surface area (Å²) in [6.45, 7) is 9.68. The fraction of sp³-hybridized carbons (Fsp3) is 0.742. The van der Waals surface area contributed by atoms with Crippen molar-refractivity contribution in [2.24, 2.45) is 11.8 Å². The van der Waals surface area contributed by atoms with Gasteiger partial charge in [-0.05, 0) is 54.4 Å². The maximum Gasteiger partial charge on any atom is 0.368 e. The maximum atomic E-state index is 6.92. The molecule has 0 saturated heterocycles. The number of benzene rings is 1. The van der Waals surface area contributed by atoms with Crippen LogP contribution >= 0.6 is 0 Å². The maximum absolute atomic E-state index is 6.92. The van der Waals surface area contributed by atoms with E-state index in [4.69, 9.17) is 9.39 Å². The molecule has 4 rings (SSSR count). The summed E-state index contributed by atoms with van der Waals surface area (Å²) in [5, 5.41) is 0. The van der Waals surface area contributed by atoms with Crippen LogP contribution in [0.25, 0.3) is 0 Å². The van der Waals surface area contributed by atoms with Crippen molar-refractivity contribution >= 4 is 6.92 Å². The summed E-state index contributed by atoms with van der Waals surface area (Å²) in [6, 6.07) is 11.1. The van der Waals surface area contributed by atoms with Crippen LogP contribution in [0.5, 0.6) is 0 Å². The molecule has 3 aliphatic carbocycles. The van der Waals surface area contributed by atoms with Crippen molar-refractivity contribution in [1.29, 1.82) is 0 Å². The fourth-order valence-electron chi connectivity index (χ4n) is 7.32. The largest absolute Gasteiger partial charge is 0.536 e. The van der Waals surface area contributed by atoms with Crippen molar-refractivity contribution in [2.45, 2.75) is 134 Å². The highest BCUT2D eigenvalue weighted by atomic mass is 16.7. The first kappa shape index (κ1) is 25.7. The van der Waals surface area contributed by atoms with Crippen LogP contribution < -0.4 is 0 Å². The minimum atomic E-state index is 0.0804. The molecule has 0 spiro atoms. The highest BCUT2D eigenvalue weighted by Crippen LogP contribution is 2.46. The molecule has 34 heavy (non-hydrogen) atoms. The predicted octanol–water partition coefficient (Wildman–Crippen LogP) is 9.32. The Morgan fingerprint density at radius 3 is 2.00 bits per heavy atom. The van der Waals surface area contributed by atoms with Crippen molar-refractivity contribution < 1.29 is 9.39 Å². The van der Waals surface area contributed by atoms with E-state index in [1.54, 1.807) is 0 Å². The van der Waals surface area contributed by atoms with Gasteiger partial charge >= 0.3 is 6.92 Å². The van der Waals surface area contributed by atoms with Gasteiger partial charge in [0.1, 0.15) is 6.10 Å². The zero-order valence-electron chi connectivity index (χ0n) is 22.4. The van der Waals surface area contributed by atoms with Gasteiger partial charge in [-0.15, -0.1) is 0 Å². The van der Waals surface area contributed by atoms with E-state index in [-0.39, 0.29) is 11.5 Å². The van der Waals surface area contributed by atoms with E-state index < -0.39 is 0 Å². The Bertz CT molecular complexity index is 743. The summed E-state index contributed by atoms with van der Waals surface area (Å²) in [5.74, 6) is 3.43. The van der Waals surface area contributed by atoms with E-state index in [1.807, 2.05) is 0 Å². The molecule has 2 nitrogen and oxygen atoms in total. The first-order valence-electron chi connectivity index (χ1n) is 14.5. The molecule has 3 aliphatic rings. The molecule has 0 amide bonds. The third kappa shape index (κ3) is 6.24. The van der Waals surface area contributed by atoms with E-state index in [0.29, 0.717) is 30.4 Å². The molecule has 1 aromatic rings. The third-order valence-electron chi connectivity index (χ3n) is 9.48. The minimum Gasteiger partial charge on any atom is -0.536 e. The highest BCUT2D eigenvalue weighted by molar-refractivity contribution is 6.55. The van der Waals surface area contributed by atoms with Gasteiger partial charge in [0.15, 0.2) is 0 Å². The summed E-state index contributed by atoms with van der Waals surface area (Å²) in [4.78, 5) is 0. The van der Waals surface area contributed by atoms with Gasteiger partial charge in [0, 0.05) is 5.92 Å². The smallest absolute Gasteiger partial charge is 0.368 e. The molecule has 3 saturated carbocycles. The van der Waals surface area contributed by atoms with Gasteiger partial charge in [0.05, 0.1) is 0 Å². The Morgan fingerprint density at radius 1 is 0.853 bits per heavy atom. The van der Waals surface area contributed by atoms with Gasteiger partial charge in [0.25, 0.3) is 5.95 Å². The number of allylic oxidation sites excluding steroid dienone is 1.